The molecule has 0 saturated carbocycles. The van der Waals surface area contributed by atoms with Crippen LogP contribution in [0, 0.1) is 0 Å². The van der Waals surface area contributed by atoms with Gasteiger partial charge in [-0.15, -0.1) is 0 Å². The molecule has 0 radical (unpaired) electrons. The molecule has 0 aliphatic carbocycles. The van der Waals surface area contributed by atoms with Gasteiger partial charge in [-0.1, -0.05) is 0 Å². The quantitative estimate of drug-likeness (QED) is 0.0331. The maximum atomic E-state index is 12.3. The van der Waals surface area contributed by atoms with E-state index in [2.05, 4.69) is 0 Å². The van der Waals surface area contributed by atoms with E-state index >= 15 is 0 Å². The molecule has 12 aliphatic heterocycles. The van der Waals surface area contributed by atoms with Crippen molar-refractivity contribution in [1.82, 2.24) is 0 Å². The Bertz CT molecular complexity index is 3180. The highest BCUT2D eigenvalue weighted by Crippen LogP contribution is 2.40. The maximum Gasteiger partial charge on any atom is 0.187 e. The van der Waals surface area contributed by atoms with Crippen molar-refractivity contribution >= 4 is 0 Å². The molecule has 12 rings (SSSR count). The zero-order valence-corrected chi connectivity index (χ0v) is 64.4. The standard InChI is InChI=1S/C67H112O56/c68-1-18-50(32(82)38(88)56(100)111-18)118-64-46(96)35(85)54(23(114-64)11-109-60-42(92)28(78)16(73)6-104-60)122-67-49(99)37(87)55(24(117-67)12-110-61-43(93)29(79)17(74)7-105-61)123-66-48(98)36(86)53(22(116-66)10-108-59-41(91)27(77)15(72)5-103-59)121-63-45(95)33(83)51(19(2-69)112-63)119-65-47(97)34(84)52(21(115-65)9-107-58-40(90)26(76)14(71)4-102-58)120-62-44(94)31(81)30(80)20(113-62)8-106-57-39(89)25(75)13(70)3-101-57/h13-100H,1-12H2/t13-,14-,15-,16-,17-,18-,19-,20-,21-,22-,23-,24-,25+,26+,27+,28+,29+,30-,31+,32-,33-,34-,35-,36-,37-,38-,39-,40-,41+,42-,43-,44-,45-,46-,47-,48-,49-,50-,51-,52-,53-,54-,55-,56?,57-,58-,59-,60-,61-,62+,63+,64+,65+,66+,67+/m1/s1. The molecule has 1 unspecified atom stereocenters. The van der Waals surface area contributed by atoms with Crippen molar-refractivity contribution in [1.29, 1.82) is 0 Å². The van der Waals surface area contributed by atoms with Gasteiger partial charge in [-0.05, 0) is 0 Å². The Morgan fingerprint density at radius 2 is 0.350 bits per heavy atom. The van der Waals surface area contributed by atoms with Crippen LogP contribution in [0.25, 0.3) is 0 Å². The van der Waals surface area contributed by atoms with Crippen molar-refractivity contribution in [2.75, 3.05) is 79.3 Å². The highest BCUT2D eigenvalue weighted by molar-refractivity contribution is 5.03. The second-order valence-electron chi connectivity index (χ2n) is 31.6. The first kappa shape index (κ1) is 99.8. The summed E-state index contributed by atoms with van der Waals surface area (Å²) in [5.41, 5.74) is 0. The maximum absolute atomic E-state index is 12.3. The average Bonchev–Trinajstić information content (AvgIpc) is 0.772. The van der Waals surface area contributed by atoms with Gasteiger partial charge in [-0.3, -0.25) is 0 Å². The zero-order valence-electron chi connectivity index (χ0n) is 64.4. The summed E-state index contributed by atoms with van der Waals surface area (Å²) in [4.78, 5) is 0. The van der Waals surface area contributed by atoms with Crippen molar-refractivity contribution in [3.63, 3.8) is 0 Å². The number of ether oxygens (including phenoxy) is 23. The third kappa shape index (κ3) is 21.8. The fraction of sp³-hybridized carbons (Fsp3) is 1.00. The molecule has 0 bridgehead atoms. The minimum absolute atomic E-state index is 0.530. The van der Waals surface area contributed by atoms with Gasteiger partial charge in [0.15, 0.2) is 75.5 Å². The summed E-state index contributed by atoms with van der Waals surface area (Å²) in [5.74, 6) is 0. The van der Waals surface area contributed by atoms with Crippen LogP contribution < -0.4 is 0 Å². The van der Waals surface area contributed by atoms with Crippen LogP contribution in [0.4, 0.5) is 0 Å². The summed E-state index contributed by atoms with van der Waals surface area (Å²) in [6.07, 6.45) is -114. The molecule has 33 N–H and O–H groups in total. The van der Waals surface area contributed by atoms with Crippen LogP contribution in [0.1, 0.15) is 0 Å². The fourth-order valence-electron chi connectivity index (χ4n) is 15.5. The van der Waals surface area contributed by atoms with E-state index in [1.807, 2.05) is 0 Å². The minimum Gasteiger partial charge on any atom is -0.394 e. The van der Waals surface area contributed by atoms with E-state index in [0.717, 1.165) is 0 Å². The van der Waals surface area contributed by atoms with Crippen LogP contribution in [0.15, 0.2) is 0 Å². The summed E-state index contributed by atoms with van der Waals surface area (Å²) in [5, 5.41) is 362. The first-order chi connectivity index (χ1) is 58.2. The van der Waals surface area contributed by atoms with Crippen LogP contribution in [-0.4, -0.2) is 586 Å². The minimum atomic E-state index is -2.55. The van der Waals surface area contributed by atoms with E-state index in [0.29, 0.717) is 0 Å². The smallest absolute Gasteiger partial charge is 0.187 e. The predicted octanol–water partition coefficient (Wildman–Crippen LogP) is -24.0. The Labute approximate surface area is 693 Å². The third-order valence-corrected chi connectivity index (χ3v) is 23.0. The van der Waals surface area contributed by atoms with Crippen molar-refractivity contribution in [3.8, 4) is 0 Å². The van der Waals surface area contributed by atoms with Gasteiger partial charge in [0.25, 0.3) is 0 Å². The number of hydrogen-bond donors (Lipinski definition) is 33. The van der Waals surface area contributed by atoms with E-state index in [1.165, 1.54) is 0 Å². The van der Waals surface area contributed by atoms with Crippen LogP contribution in [0.3, 0.4) is 0 Å². The monoisotopic (exact) mass is 1810 g/mol. The van der Waals surface area contributed by atoms with Crippen molar-refractivity contribution in [2.24, 2.45) is 0 Å². The van der Waals surface area contributed by atoms with Gasteiger partial charge >= 0.3 is 0 Å². The van der Waals surface area contributed by atoms with Crippen LogP contribution in [0.2, 0.25) is 0 Å². The van der Waals surface area contributed by atoms with Crippen molar-refractivity contribution < 1.29 is 277 Å². The molecule has 0 aromatic rings. The Balaban J connectivity index is 0.770. The molecule has 0 aromatic heterocycles. The molecule has 12 fully saturated rings. The zero-order chi connectivity index (χ0) is 89.5. The second-order valence-corrected chi connectivity index (χ2v) is 31.6. The summed E-state index contributed by atoms with van der Waals surface area (Å²) < 4.78 is 132. The molecular weight excluding hydrogens is 1700 g/mol. The summed E-state index contributed by atoms with van der Waals surface area (Å²) in [6.45, 7) is -10.3. The molecule has 0 spiro atoms. The molecule has 123 heavy (non-hydrogen) atoms. The van der Waals surface area contributed by atoms with Crippen LogP contribution >= 0.6 is 0 Å². The Morgan fingerprint density at radius 1 is 0.171 bits per heavy atom. The predicted molar refractivity (Wildman–Crippen MR) is 365 cm³/mol. The van der Waals surface area contributed by atoms with Crippen molar-refractivity contribution in [2.45, 2.75) is 338 Å². The van der Waals surface area contributed by atoms with Gasteiger partial charge in [0.1, 0.15) is 262 Å². The summed E-state index contributed by atoms with van der Waals surface area (Å²) >= 11 is 0. The highest BCUT2D eigenvalue weighted by atomic mass is 16.8. The largest absolute Gasteiger partial charge is 0.394 e. The van der Waals surface area contributed by atoms with Gasteiger partial charge in [-0.25, -0.2) is 0 Å². The number of rotatable bonds is 29. The van der Waals surface area contributed by atoms with E-state index < -0.39 is 417 Å². The topological polar surface area (TPSA) is 880 Å². The lowest BCUT2D eigenvalue weighted by molar-refractivity contribution is -0.402. The van der Waals surface area contributed by atoms with E-state index in [-0.39, 0.29) is 0 Å². The normalized spacial score (nSPS) is 54.2. The second kappa shape index (κ2) is 43.2. The third-order valence-electron chi connectivity index (χ3n) is 23.0. The lowest BCUT2D eigenvalue weighted by Gasteiger charge is -2.50. The van der Waals surface area contributed by atoms with E-state index in [1.54, 1.807) is 0 Å². The number of hydrogen-bond acceptors (Lipinski definition) is 56. The van der Waals surface area contributed by atoms with E-state index in [4.69, 9.17) is 109 Å². The van der Waals surface area contributed by atoms with Gasteiger partial charge in [0.05, 0.1) is 79.3 Å². The van der Waals surface area contributed by atoms with Gasteiger partial charge in [0, 0.05) is 0 Å². The molecule has 12 heterocycles. The SMILES string of the molecule is OC[C@H]1O[C@@H](O[C@H]2[C@H](O)[C@@H](O)[C@H](O[C@H]3[C@H](O)[C@@H](O)[C@H](O[C@H]4[C@H](O)[C@@H](O)[C@H](O[C@H]5[C@H](O)[C@@H](O)C(O)O[C@@H]5CO)O[C@@H]4CO[C@H]4OC[C@@H](O)[C@H](O)[C@H]4O)O[C@@H]3CO[C@H]3OC[C@@H](O)[C@H](O)[C@H]3O)O[C@@H]2CO[C@H]2OC[C@@H](O)[C@H](O)[C@@H]2O)[C@H](O)[C@@H](O)[C@@H]1O[C@@H]1O[C@H](CO[C@H]2OC[C@@H](O)[C@H](O)[C@H]2O)[C@@H](O[C@@H]2O[C@H](CO[C@H]3OC[C@@H](O)[C@H](O)[C@H]3O)[C@@H](O)[C@H](O)[C@H]2O)[C@H](O)[C@H]1O. The first-order valence-corrected chi connectivity index (χ1v) is 39.2. The average molecular weight is 1810 g/mol. The molecule has 0 amide bonds. The first-order valence-electron chi connectivity index (χ1n) is 39.2. The molecule has 55 atom stereocenters. The Hall–Kier alpha value is -2.24. The molecule has 56 heteroatoms. The summed E-state index contributed by atoms with van der Waals surface area (Å²) in [7, 11) is 0. The van der Waals surface area contributed by atoms with Crippen molar-refractivity contribution in [3.05, 3.63) is 0 Å². The van der Waals surface area contributed by atoms with Gasteiger partial charge < -0.3 is 277 Å². The Morgan fingerprint density at radius 3 is 0.585 bits per heavy atom. The fourth-order valence-corrected chi connectivity index (χ4v) is 15.5. The van der Waals surface area contributed by atoms with Gasteiger partial charge in [0.2, 0.25) is 0 Å². The lowest BCUT2D eigenvalue weighted by Crippen LogP contribution is -2.69. The Kier molecular flexibility index (Phi) is 35.0. The molecule has 0 aromatic carbocycles. The lowest BCUT2D eigenvalue weighted by atomic mass is 9.95. The molecule has 12 saturated heterocycles. The molecule has 12 aliphatic rings. The molecule has 716 valence electrons. The van der Waals surface area contributed by atoms with E-state index in [9.17, 15) is 169 Å². The number of aliphatic hydroxyl groups is 33. The van der Waals surface area contributed by atoms with Crippen LogP contribution in [0.5, 0.6) is 0 Å². The van der Waals surface area contributed by atoms with Gasteiger partial charge in [-0.2, -0.15) is 0 Å². The summed E-state index contributed by atoms with van der Waals surface area (Å²) in [6, 6.07) is 0. The highest BCUT2D eigenvalue weighted by Gasteiger charge is 2.61. The molecular formula is C67H112O56. The molecule has 56 nitrogen and oxygen atoms in total. The number of aliphatic hydroxyl groups excluding tert-OH is 33. The van der Waals surface area contributed by atoms with Crippen LogP contribution in [-0.2, 0) is 109 Å².